The van der Waals surface area contributed by atoms with Crippen molar-refractivity contribution in [3.05, 3.63) is 65.7 Å². The molecule has 2 amide bonds. The summed E-state index contributed by atoms with van der Waals surface area (Å²) in [5, 5.41) is 15.1. The van der Waals surface area contributed by atoms with Crippen molar-refractivity contribution in [3.8, 4) is 11.4 Å². The van der Waals surface area contributed by atoms with Crippen LogP contribution in [0.2, 0.25) is 0 Å². The summed E-state index contributed by atoms with van der Waals surface area (Å²) in [6.45, 7) is 5.98. The molecule has 0 aliphatic carbocycles. The minimum absolute atomic E-state index is 0.165. The predicted molar refractivity (Wildman–Crippen MR) is 131 cm³/mol. The molecule has 2 atom stereocenters. The number of nitrogens with one attached hydrogen (secondary N) is 1. The highest BCUT2D eigenvalue weighted by Crippen LogP contribution is 2.26. The number of rotatable bonds is 8. The van der Waals surface area contributed by atoms with Crippen LogP contribution in [0.15, 0.2) is 48.5 Å². The molecule has 0 spiro atoms. The summed E-state index contributed by atoms with van der Waals surface area (Å²) < 4.78 is 32.8. The van der Waals surface area contributed by atoms with Gasteiger partial charge in [0.2, 0.25) is 17.6 Å². The smallest absolute Gasteiger partial charge is 0.247 e. The van der Waals surface area contributed by atoms with E-state index in [1.807, 2.05) is 20.8 Å². The van der Waals surface area contributed by atoms with Crippen LogP contribution in [0.1, 0.15) is 45.2 Å². The largest absolute Gasteiger partial charge is 0.376 e. The molecule has 2 aromatic carbocycles. The van der Waals surface area contributed by atoms with Crippen LogP contribution in [-0.4, -0.2) is 61.7 Å². The lowest BCUT2D eigenvalue weighted by Gasteiger charge is -2.34. The third kappa shape index (κ3) is 6.94. The van der Waals surface area contributed by atoms with E-state index >= 15 is 0 Å². The molecule has 196 valence electrons. The van der Waals surface area contributed by atoms with Gasteiger partial charge in [-0.05, 0) is 80.8 Å². The molecule has 9 nitrogen and oxygen atoms in total. The fourth-order valence-corrected chi connectivity index (χ4v) is 4.15. The van der Waals surface area contributed by atoms with E-state index in [0.717, 1.165) is 17.6 Å². The predicted octanol–water partition coefficient (Wildman–Crippen LogP) is 3.28. The van der Waals surface area contributed by atoms with E-state index in [1.54, 1.807) is 0 Å². The van der Waals surface area contributed by atoms with Gasteiger partial charge in [-0.15, -0.1) is 10.2 Å². The SMILES string of the molecule is CC(C)(C)NC(=O)[C@H](c1ccc(F)cc1)N(C[C@H]1CCCO1)C(=O)Cn1nnc(-c2ccc(F)cc2)n1. The monoisotopic (exact) mass is 512 g/mol. The van der Waals surface area contributed by atoms with Gasteiger partial charge < -0.3 is 15.0 Å². The quantitative estimate of drug-likeness (QED) is 0.497. The maximum absolute atomic E-state index is 13.7. The van der Waals surface area contributed by atoms with E-state index < -0.39 is 35.0 Å². The Balaban J connectivity index is 1.64. The highest BCUT2D eigenvalue weighted by Gasteiger charge is 2.36. The number of hydrogen-bond acceptors (Lipinski definition) is 6. The third-order valence-electron chi connectivity index (χ3n) is 5.82. The molecule has 1 N–H and O–H groups in total. The number of amides is 2. The van der Waals surface area contributed by atoms with Crippen molar-refractivity contribution < 1.29 is 23.1 Å². The molecule has 0 unspecified atom stereocenters. The molecule has 0 saturated carbocycles. The zero-order valence-corrected chi connectivity index (χ0v) is 21.0. The van der Waals surface area contributed by atoms with Gasteiger partial charge in [-0.1, -0.05) is 12.1 Å². The van der Waals surface area contributed by atoms with Gasteiger partial charge in [0, 0.05) is 24.3 Å². The van der Waals surface area contributed by atoms with Crippen LogP contribution in [-0.2, 0) is 20.9 Å². The highest BCUT2D eigenvalue weighted by molar-refractivity contribution is 5.89. The molecule has 3 aromatic rings. The Morgan fingerprint density at radius 1 is 1.11 bits per heavy atom. The van der Waals surface area contributed by atoms with E-state index in [0.29, 0.717) is 17.7 Å². The highest BCUT2D eigenvalue weighted by atomic mass is 19.1. The molecule has 1 fully saturated rings. The third-order valence-corrected chi connectivity index (χ3v) is 5.82. The number of aromatic nitrogens is 4. The van der Waals surface area contributed by atoms with Crippen molar-refractivity contribution in [2.45, 2.75) is 57.8 Å². The summed E-state index contributed by atoms with van der Waals surface area (Å²) in [5.41, 5.74) is 0.448. The van der Waals surface area contributed by atoms with Crippen molar-refractivity contribution in [1.82, 2.24) is 30.4 Å². The minimum atomic E-state index is -1.03. The van der Waals surface area contributed by atoms with Gasteiger partial charge in [0.05, 0.1) is 6.10 Å². The molecule has 1 saturated heterocycles. The molecule has 0 bridgehead atoms. The fraction of sp³-hybridized carbons (Fsp3) is 0.423. The maximum atomic E-state index is 13.7. The summed E-state index contributed by atoms with van der Waals surface area (Å²) in [6, 6.07) is 10.1. The molecule has 2 heterocycles. The van der Waals surface area contributed by atoms with Crippen LogP contribution in [0.4, 0.5) is 8.78 Å². The van der Waals surface area contributed by atoms with Gasteiger partial charge in [0.25, 0.3) is 0 Å². The van der Waals surface area contributed by atoms with Crippen LogP contribution in [0, 0.1) is 11.6 Å². The molecule has 11 heteroatoms. The lowest BCUT2D eigenvalue weighted by molar-refractivity contribution is -0.144. The van der Waals surface area contributed by atoms with Crippen molar-refractivity contribution >= 4 is 11.8 Å². The van der Waals surface area contributed by atoms with Gasteiger partial charge in [0.15, 0.2) is 0 Å². The standard InChI is InChI=1S/C26H30F2N6O3/c1-26(2,3)29-25(36)23(17-6-10-19(27)11-7-17)33(15-21-5-4-14-37-21)22(35)16-34-31-24(30-32-34)18-8-12-20(28)13-9-18/h6-13,21,23H,4-5,14-16H2,1-3H3,(H,29,36)/t21-,23+/m1/s1. The Morgan fingerprint density at radius 3 is 2.35 bits per heavy atom. The van der Waals surface area contributed by atoms with Gasteiger partial charge in [-0.25, -0.2) is 8.78 Å². The second-order valence-corrected chi connectivity index (χ2v) is 10.0. The van der Waals surface area contributed by atoms with Crippen molar-refractivity contribution in [2.75, 3.05) is 13.2 Å². The number of ether oxygens (including phenoxy) is 1. The zero-order chi connectivity index (χ0) is 26.6. The Kier molecular flexibility index (Phi) is 7.91. The van der Waals surface area contributed by atoms with E-state index in [1.165, 1.54) is 53.4 Å². The van der Waals surface area contributed by atoms with Crippen LogP contribution in [0.25, 0.3) is 11.4 Å². The first-order valence-electron chi connectivity index (χ1n) is 12.1. The molecule has 37 heavy (non-hydrogen) atoms. The van der Waals surface area contributed by atoms with Crippen LogP contribution >= 0.6 is 0 Å². The molecule has 4 rings (SSSR count). The maximum Gasteiger partial charge on any atom is 0.247 e. The molecule has 1 aliphatic rings. The Hall–Kier alpha value is -3.73. The topological polar surface area (TPSA) is 102 Å². The summed E-state index contributed by atoms with van der Waals surface area (Å²) in [4.78, 5) is 29.8. The van der Waals surface area contributed by atoms with Crippen molar-refractivity contribution in [2.24, 2.45) is 0 Å². The molecule has 0 radical (unpaired) electrons. The lowest BCUT2D eigenvalue weighted by atomic mass is 10.0. The first kappa shape index (κ1) is 26.3. The molecular weight excluding hydrogens is 482 g/mol. The normalized spacial score (nSPS) is 16.4. The number of benzene rings is 2. The fourth-order valence-electron chi connectivity index (χ4n) is 4.15. The summed E-state index contributed by atoms with van der Waals surface area (Å²) in [7, 11) is 0. The number of nitrogens with zero attached hydrogens (tertiary/aromatic N) is 5. The van der Waals surface area contributed by atoms with Gasteiger partial charge in [0.1, 0.15) is 24.2 Å². The van der Waals surface area contributed by atoms with Crippen LogP contribution in [0.3, 0.4) is 0 Å². The number of carbonyl (C=O) groups excluding carboxylic acids is 2. The van der Waals surface area contributed by atoms with Crippen molar-refractivity contribution in [3.63, 3.8) is 0 Å². The summed E-state index contributed by atoms with van der Waals surface area (Å²) in [5.74, 6) is -1.44. The van der Waals surface area contributed by atoms with Crippen LogP contribution < -0.4 is 5.32 Å². The first-order valence-corrected chi connectivity index (χ1v) is 12.1. The summed E-state index contributed by atoms with van der Waals surface area (Å²) >= 11 is 0. The van der Waals surface area contributed by atoms with E-state index in [9.17, 15) is 18.4 Å². The van der Waals surface area contributed by atoms with Gasteiger partial charge >= 0.3 is 0 Å². The first-order chi connectivity index (χ1) is 17.6. The van der Waals surface area contributed by atoms with Gasteiger partial charge in [-0.3, -0.25) is 9.59 Å². The zero-order valence-electron chi connectivity index (χ0n) is 21.0. The average Bonchev–Trinajstić information content (AvgIpc) is 3.51. The van der Waals surface area contributed by atoms with Gasteiger partial charge in [-0.2, -0.15) is 4.80 Å². The molecule has 1 aromatic heterocycles. The minimum Gasteiger partial charge on any atom is -0.376 e. The van der Waals surface area contributed by atoms with E-state index in [-0.39, 0.29) is 25.0 Å². The van der Waals surface area contributed by atoms with E-state index in [2.05, 4.69) is 20.7 Å². The Bertz CT molecular complexity index is 1220. The van der Waals surface area contributed by atoms with Crippen LogP contribution in [0.5, 0.6) is 0 Å². The molecule has 1 aliphatic heterocycles. The number of tetrazole rings is 1. The molecular formula is C26H30F2N6O3. The number of carbonyl (C=O) groups is 2. The second kappa shape index (κ2) is 11.1. The second-order valence-electron chi connectivity index (χ2n) is 10.0. The lowest BCUT2D eigenvalue weighted by Crippen LogP contribution is -2.51. The van der Waals surface area contributed by atoms with Crippen molar-refractivity contribution in [1.29, 1.82) is 0 Å². The Morgan fingerprint density at radius 2 is 1.76 bits per heavy atom. The number of hydrogen-bond donors (Lipinski definition) is 1. The van der Waals surface area contributed by atoms with E-state index in [4.69, 9.17) is 4.74 Å². The Labute approximate surface area is 213 Å². The average molecular weight is 513 g/mol. The summed E-state index contributed by atoms with van der Waals surface area (Å²) in [6.07, 6.45) is 1.36. The number of halogens is 2.